The number of amides is 1. The Morgan fingerprint density at radius 2 is 1.78 bits per heavy atom. The fourth-order valence-electron chi connectivity index (χ4n) is 3.83. The molecule has 2 aliphatic rings. The van der Waals surface area contributed by atoms with Crippen molar-refractivity contribution < 1.29 is 38.4 Å². The van der Waals surface area contributed by atoms with Gasteiger partial charge in [-0.2, -0.15) is 0 Å². The molecule has 2 fully saturated rings. The van der Waals surface area contributed by atoms with Crippen LogP contribution in [0.3, 0.4) is 0 Å². The second-order valence-corrected chi connectivity index (χ2v) is 7.54. The molecule has 9 nitrogen and oxygen atoms in total. The molecule has 0 saturated carbocycles. The molecule has 0 aromatic heterocycles. The molecule has 170 valence electrons. The zero-order valence-electron chi connectivity index (χ0n) is 17.7. The van der Waals surface area contributed by atoms with Gasteiger partial charge in [0.05, 0.1) is 13.7 Å². The van der Waals surface area contributed by atoms with Crippen molar-refractivity contribution in [2.75, 3.05) is 13.7 Å². The first-order chi connectivity index (χ1) is 15.5. The SMILES string of the molecule is COC(=O)c1ccccc1OC1OC2COC(c3ccccc3)OC2C(O)C1NC(C)=O. The largest absolute Gasteiger partial charge is 0.465 e. The summed E-state index contributed by atoms with van der Waals surface area (Å²) in [7, 11) is 1.27. The van der Waals surface area contributed by atoms with Crippen LogP contribution in [0.1, 0.15) is 29.1 Å². The number of esters is 1. The molecule has 0 spiro atoms. The average Bonchev–Trinajstić information content (AvgIpc) is 2.81. The minimum atomic E-state index is -1.15. The Labute approximate surface area is 185 Å². The van der Waals surface area contributed by atoms with Gasteiger partial charge in [0.15, 0.2) is 6.29 Å². The standard InChI is InChI=1S/C23H25NO8/c1-13(25)24-18-19(26)20-17(12-29-22(32-20)14-8-4-3-5-9-14)31-23(18)30-16-11-7-6-10-15(16)21(27)28-2/h3-11,17-20,22-23,26H,12H2,1-2H3,(H,24,25). The number of methoxy groups -OCH3 is 1. The van der Waals surface area contributed by atoms with Crippen molar-refractivity contribution in [1.82, 2.24) is 5.32 Å². The van der Waals surface area contributed by atoms with Gasteiger partial charge in [0, 0.05) is 12.5 Å². The lowest BCUT2D eigenvalue weighted by molar-refractivity contribution is -0.333. The summed E-state index contributed by atoms with van der Waals surface area (Å²) in [6.07, 6.45) is -4.33. The number of carbonyl (C=O) groups excluding carboxylic acids is 2. The van der Waals surface area contributed by atoms with E-state index in [2.05, 4.69) is 5.32 Å². The lowest BCUT2D eigenvalue weighted by Gasteiger charge is -2.47. The number of fused-ring (bicyclic) bond motifs is 1. The third-order valence-corrected chi connectivity index (χ3v) is 5.34. The van der Waals surface area contributed by atoms with Crippen LogP contribution < -0.4 is 10.1 Å². The highest BCUT2D eigenvalue weighted by atomic mass is 16.7. The van der Waals surface area contributed by atoms with E-state index in [9.17, 15) is 14.7 Å². The molecule has 32 heavy (non-hydrogen) atoms. The molecule has 2 heterocycles. The zero-order chi connectivity index (χ0) is 22.7. The minimum absolute atomic E-state index is 0.145. The third-order valence-electron chi connectivity index (χ3n) is 5.34. The molecule has 1 amide bonds. The molecular weight excluding hydrogens is 418 g/mol. The van der Waals surface area contributed by atoms with Crippen LogP contribution in [-0.4, -0.2) is 61.3 Å². The lowest BCUT2D eigenvalue weighted by atomic mass is 9.95. The fraction of sp³-hybridized carbons (Fsp3) is 0.391. The molecule has 9 heteroatoms. The van der Waals surface area contributed by atoms with Gasteiger partial charge < -0.3 is 34.1 Å². The Balaban J connectivity index is 1.57. The molecule has 2 aromatic rings. The summed E-state index contributed by atoms with van der Waals surface area (Å²) in [5, 5.41) is 13.8. The fourth-order valence-corrected chi connectivity index (χ4v) is 3.83. The van der Waals surface area contributed by atoms with Crippen molar-refractivity contribution in [2.24, 2.45) is 0 Å². The molecule has 0 bridgehead atoms. The number of nitrogens with one attached hydrogen (secondary N) is 1. The first-order valence-electron chi connectivity index (χ1n) is 10.2. The zero-order valence-corrected chi connectivity index (χ0v) is 17.7. The van der Waals surface area contributed by atoms with Gasteiger partial charge in [-0.15, -0.1) is 0 Å². The van der Waals surface area contributed by atoms with Crippen LogP contribution in [-0.2, 0) is 23.7 Å². The molecular formula is C23H25NO8. The van der Waals surface area contributed by atoms with Crippen molar-refractivity contribution >= 4 is 11.9 Å². The van der Waals surface area contributed by atoms with Gasteiger partial charge >= 0.3 is 5.97 Å². The molecule has 0 radical (unpaired) electrons. The van der Waals surface area contributed by atoms with E-state index in [1.807, 2.05) is 30.3 Å². The highest BCUT2D eigenvalue weighted by Gasteiger charge is 2.50. The number of benzene rings is 2. The predicted octanol–water partition coefficient (Wildman–Crippen LogP) is 1.56. The molecule has 2 saturated heterocycles. The van der Waals surface area contributed by atoms with Crippen LogP contribution in [0.15, 0.2) is 54.6 Å². The summed E-state index contributed by atoms with van der Waals surface area (Å²) >= 11 is 0. The van der Waals surface area contributed by atoms with E-state index in [1.165, 1.54) is 14.0 Å². The van der Waals surface area contributed by atoms with Gasteiger partial charge in [0.25, 0.3) is 0 Å². The maximum atomic E-state index is 12.1. The smallest absolute Gasteiger partial charge is 0.341 e. The van der Waals surface area contributed by atoms with Gasteiger partial charge in [-0.05, 0) is 12.1 Å². The third kappa shape index (κ3) is 4.61. The number of aliphatic hydroxyl groups excluding tert-OH is 1. The Kier molecular flexibility index (Phi) is 6.71. The second kappa shape index (κ2) is 9.66. The monoisotopic (exact) mass is 443 g/mol. The normalized spacial score (nSPS) is 29.5. The minimum Gasteiger partial charge on any atom is -0.465 e. The van der Waals surface area contributed by atoms with Crippen molar-refractivity contribution in [2.45, 2.75) is 43.9 Å². The van der Waals surface area contributed by atoms with E-state index in [4.69, 9.17) is 23.7 Å². The van der Waals surface area contributed by atoms with Crippen molar-refractivity contribution in [3.05, 3.63) is 65.7 Å². The van der Waals surface area contributed by atoms with Crippen molar-refractivity contribution in [3.8, 4) is 5.75 Å². The van der Waals surface area contributed by atoms with Gasteiger partial charge in [-0.3, -0.25) is 4.79 Å². The molecule has 2 aliphatic heterocycles. The maximum absolute atomic E-state index is 12.1. The van der Waals surface area contributed by atoms with Crippen LogP contribution in [0, 0.1) is 0 Å². The molecule has 6 atom stereocenters. The molecule has 2 aromatic carbocycles. The summed E-state index contributed by atoms with van der Waals surface area (Å²) in [5.74, 6) is -0.760. The number of aliphatic hydroxyl groups is 1. The van der Waals surface area contributed by atoms with Crippen LogP contribution in [0.2, 0.25) is 0 Å². The number of carbonyl (C=O) groups is 2. The molecule has 2 N–H and O–H groups in total. The van der Waals surface area contributed by atoms with Gasteiger partial charge in [-0.1, -0.05) is 42.5 Å². The van der Waals surface area contributed by atoms with E-state index in [0.29, 0.717) is 0 Å². The Morgan fingerprint density at radius 3 is 2.50 bits per heavy atom. The first kappa shape index (κ1) is 22.2. The second-order valence-electron chi connectivity index (χ2n) is 7.54. The highest BCUT2D eigenvalue weighted by molar-refractivity contribution is 5.92. The Morgan fingerprint density at radius 1 is 1.06 bits per heavy atom. The summed E-state index contributed by atoms with van der Waals surface area (Å²) in [6, 6.07) is 14.9. The maximum Gasteiger partial charge on any atom is 0.341 e. The van der Waals surface area contributed by atoms with Gasteiger partial charge in [0.1, 0.15) is 35.7 Å². The van der Waals surface area contributed by atoms with Gasteiger partial charge in [0.2, 0.25) is 12.2 Å². The summed E-state index contributed by atoms with van der Waals surface area (Å²) in [4.78, 5) is 23.9. The topological polar surface area (TPSA) is 113 Å². The average molecular weight is 443 g/mol. The molecule has 6 unspecified atom stereocenters. The number of ether oxygens (including phenoxy) is 5. The summed E-state index contributed by atoms with van der Waals surface area (Å²) in [6.45, 7) is 1.47. The Hall–Kier alpha value is -2.98. The number of hydrogen-bond donors (Lipinski definition) is 2. The summed E-state index contributed by atoms with van der Waals surface area (Å²) in [5.41, 5.74) is 0.997. The Bertz CT molecular complexity index is 952. The number of rotatable bonds is 5. The number of hydrogen-bond acceptors (Lipinski definition) is 8. The highest BCUT2D eigenvalue weighted by Crippen LogP contribution is 2.35. The molecule has 0 aliphatic carbocycles. The molecule has 4 rings (SSSR count). The predicted molar refractivity (Wildman–Crippen MR) is 111 cm³/mol. The van der Waals surface area contributed by atoms with Crippen molar-refractivity contribution in [1.29, 1.82) is 0 Å². The van der Waals surface area contributed by atoms with Crippen LogP contribution in [0.25, 0.3) is 0 Å². The van der Waals surface area contributed by atoms with E-state index in [-0.39, 0.29) is 23.8 Å². The van der Waals surface area contributed by atoms with E-state index in [1.54, 1.807) is 24.3 Å². The van der Waals surface area contributed by atoms with Crippen LogP contribution in [0.5, 0.6) is 5.75 Å². The van der Waals surface area contributed by atoms with Crippen LogP contribution in [0.4, 0.5) is 0 Å². The van der Waals surface area contributed by atoms with E-state index >= 15 is 0 Å². The summed E-state index contributed by atoms with van der Waals surface area (Å²) < 4.78 is 28.6. The number of para-hydroxylation sites is 1. The van der Waals surface area contributed by atoms with Crippen molar-refractivity contribution in [3.63, 3.8) is 0 Å². The van der Waals surface area contributed by atoms with Crippen LogP contribution >= 0.6 is 0 Å². The quantitative estimate of drug-likeness (QED) is 0.670. The lowest BCUT2D eigenvalue weighted by Crippen LogP contribution is -2.67. The van der Waals surface area contributed by atoms with E-state index < -0.39 is 42.9 Å². The first-order valence-corrected chi connectivity index (χ1v) is 10.2. The van der Waals surface area contributed by atoms with Gasteiger partial charge in [-0.25, -0.2) is 4.79 Å². The van der Waals surface area contributed by atoms with E-state index in [0.717, 1.165) is 5.56 Å².